The smallest absolute Gasteiger partial charge is 0.141 e. The zero-order valence-corrected chi connectivity index (χ0v) is 22.1. The fraction of sp³-hybridized carbons (Fsp3) is 0. The van der Waals surface area contributed by atoms with Gasteiger partial charge in [-0.05, 0) is 24.3 Å². The molecule has 4 aromatic heterocycles. The number of benzene rings is 3. The number of nitrogens with zero attached hydrogens (tertiary/aromatic N) is 12. The minimum Gasteiger partial charge on any atom is -0.240 e. The molecule has 0 radical (unpaired) electrons. The molecule has 4 heterocycles. The van der Waals surface area contributed by atoms with Gasteiger partial charge >= 0.3 is 0 Å². The Hall–Kier alpha value is -6.30. The van der Waals surface area contributed by atoms with Crippen molar-refractivity contribution in [3.8, 4) is 33.9 Å². The maximum Gasteiger partial charge on any atom is 0.141 e. The molecule has 0 N–H and O–H groups in total. The Labute approximate surface area is 239 Å². The van der Waals surface area contributed by atoms with E-state index in [-0.39, 0.29) is 0 Å². The van der Waals surface area contributed by atoms with Gasteiger partial charge in [0.15, 0.2) is 0 Å². The highest BCUT2D eigenvalue weighted by Crippen LogP contribution is 2.28. The molecule has 7 rings (SSSR count). The van der Waals surface area contributed by atoms with Crippen LogP contribution in [0.2, 0.25) is 0 Å². The topological polar surface area (TPSA) is 122 Å². The summed E-state index contributed by atoms with van der Waals surface area (Å²) in [5.74, 6) is 0. The molecule has 0 aliphatic heterocycles. The number of aromatic nitrogens is 10. The second-order valence-electron chi connectivity index (χ2n) is 9.18. The summed E-state index contributed by atoms with van der Waals surface area (Å²) >= 11 is 0. The van der Waals surface area contributed by atoms with E-state index in [0.717, 1.165) is 45.0 Å². The third-order valence-corrected chi connectivity index (χ3v) is 6.43. The summed E-state index contributed by atoms with van der Waals surface area (Å²) in [4.78, 5) is 0. The molecule has 0 amide bonds. The van der Waals surface area contributed by atoms with Crippen LogP contribution in [0, 0.1) is 0 Å². The normalized spacial score (nSPS) is 11.6. The van der Waals surface area contributed by atoms with Gasteiger partial charge in [0, 0.05) is 34.6 Å². The molecule has 0 spiro atoms. The minimum absolute atomic E-state index is 0.784. The van der Waals surface area contributed by atoms with Gasteiger partial charge in [-0.3, -0.25) is 0 Å². The Morgan fingerprint density at radius 1 is 0.476 bits per heavy atom. The third kappa shape index (κ3) is 5.14. The molecule has 0 fully saturated rings. The van der Waals surface area contributed by atoms with Gasteiger partial charge < -0.3 is 0 Å². The predicted octanol–water partition coefficient (Wildman–Crippen LogP) is 4.34. The first-order valence-corrected chi connectivity index (χ1v) is 13.0. The maximum atomic E-state index is 4.90. The Bertz CT molecular complexity index is 1800. The van der Waals surface area contributed by atoms with Gasteiger partial charge in [-0.25, -0.2) is 18.7 Å². The molecule has 3 aromatic carbocycles. The molecule has 0 unspecified atom stereocenters. The van der Waals surface area contributed by atoms with Crippen LogP contribution in [-0.2, 0) is 0 Å². The predicted molar refractivity (Wildman–Crippen MR) is 158 cm³/mol. The van der Waals surface area contributed by atoms with E-state index in [9.17, 15) is 0 Å². The fourth-order valence-corrected chi connectivity index (χ4v) is 4.39. The lowest BCUT2D eigenvalue weighted by atomic mass is 10.0. The first kappa shape index (κ1) is 24.7. The van der Waals surface area contributed by atoms with Gasteiger partial charge in [0.1, 0.15) is 36.7 Å². The van der Waals surface area contributed by atoms with Crippen molar-refractivity contribution in [2.24, 2.45) is 10.2 Å². The summed E-state index contributed by atoms with van der Waals surface area (Å²) < 4.78 is 6.77. The van der Waals surface area contributed by atoms with Crippen molar-refractivity contribution >= 4 is 12.4 Å². The lowest BCUT2D eigenvalue weighted by Gasteiger charge is -2.04. The van der Waals surface area contributed by atoms with Gasteiger partial charge in [0.2, 0.25) is 0 Å². The van der Waals surface area contributed by atoms with Crippen molar-refractivity contribution in [2.75, 3.05) is 0 Å². The zero-order chi connectivity index (χ0) is 28.1. The van der Waals surface area contributed by atoms with Crippen molar-refractivity contribution in [1.82, 2.24) is 49.3 Å². The van der Waals surface area contributed by atoms with Crippen molar-refractivity contribution < 1.29 is 0 Å². The monoisotopic (exact) mass is 550 g/mol. The number of para-hydroxylation sites is 2. The molecule has 0 saturated heterocycles. The number of hydrogen-bond donors (Lipinski definition) is 0. The first-order valence-electron chi connectivity index (χ1n) is 13.0. The average Bonchev–Trinajstić information content (AvgIpc) is 3.87. The van der Waals surface area contributed by atoms with Crippen molar-refractivity contribution in [2.45, 2.75) is 0 Å². The highest BCUT2D eigenvalue weighted by molar-refractivity contribution is 5.91. The summed E-state index contributed by atoms with van der Waals surface area (Å²) in [5.41, 5.74) is 7.01. The van der Waals surface area contributed by atoms with E-state index in [2.05, 4.69) is 30.6 Å². The Morgan fingerprint density at radius 2 is 0.857 bits per heavy atom. The van der Waals surface area contributed by atoms with Crippen LogP contribution in [0.15, 0.2) is 133 Å². The van der Waals surface area contributed by atoms with Crippen LogP contribution in [0.4, 0.5) is 0 Å². The van der Waals surface area contributed by atoms with E-state index in [0.29, 0.717) is 0 Å². The Balaban J connectivity index is 1.26. The summed E-state index contributed by atoms with van der Waals surface area (Å²) in [6.45, 7) is 0. The molecule has 12 nitrogen and oxygen atoms in total. The van der Waals surface area contributed by atoms with Crippen molar-refractivity contribution in [3.63, 3.8) is 0 Å². The molecule has 7 aromatic rings. The zero-order valence-electron chi connectivity index (χ0n) is 22.1. The lowest BCUT2D eigenvalue weighted by Crippen LogP contribution is -1.94. The van der Waals surface area contributed by atoms with E-state index in [4.69, 9.17) is 10.2 Å². The highest BCUT2D eigenvalue weighted by atomic mass is 15.4. The van der Waals surface area contributed by atoms with Gasteiger partial charge in [0.05, 0.1) is 23.8 Å². The molecule has 0 saturated carbocycles. The lowest BCUT2D eigenvalue weighted by molar-refractivity contribution is 0.877. The van der Waals surface area contributed by atoms with Gasteiger partial charge in [-0.2, -0.15) is 20.4 Å². The van der Waals surface area contributed by atoms with Gasteiger partial charge in [-0.1, -0.05) is 60.7 Å². The molecule has 0 bridgehead atoms. The van der Waals surface area contributed by atoms with E-state index >= 15 is 0 Å². The van der Waals surface area contributed by atoms with Crippen LogP contribution in [0.1, 0.15) is 11.1 Å². The second-order valence-corrected chi connectivity index (χ2v) is 9.18. The molecule has 12 heteroatoms. The molecule has 0 aliphatic rings. The van der Waals surface area contributed by atoms with Gasteiger partial charge in [-0.15, -0.1) is 20.4 Å². The van der Waals surface area contributed by atoms with Crippen LogP contribution >= 0.6 is 0 Å². The van der Waals surface area contributed by atoms with Crippen LogP contribution in [-0.4, -0.2) is 61.7 Å². The van der Waals surface area contributed by atoms with E-state index in [1.54, 1.807) is 21.8 Å². The highest BCUT2D eigenvalue weighted by Gasteiger charge is 2.15. The first-order chi connectivity index (χ1) is 20.8. The standard InChI is InChI=1S/C30H22N12/c1-3-7-27(8-4-1)41-17-25(15-35-39-19-31-32-20-39)29(37-41)23-11-13-24(14-12-23)30-26(16-36-40-21-33-34-22-40)18-42(38-30)28-9-5-2-6-10-28/h1-22H/b35-15+,36-16+. The molecule has 0 atom stereocenters. The summed E-state index contributed by atoms with van der Waals surface area (Å²) in [6.07, 6.45) is 13.5. The van der Waals surface area contributed by atoms with Crippen LogP contribution in [0.3, 0.4) is 0 Å². The molecule has 42 heavy (non-hydrogen) atoms. The van der Waals surface area contributed by atoms with Crippen molar-refractivity contribution in [1.29, 1.82) is 0 Å². The molecular formula is C30H22N12. The summed E-state index contributed by atoms with van der Waals surface area (Å²) in [6, 6.07) is 28.0. The van der Waals surface area contributed by atoms with Gasteiger partial charge in [0.25, 0.3) is 0 Å². The SMILES string of the molecule is C(=N\n1cnnc1)/c1cn(-c2ccccc2)nc1-c1ccc(-c2nn(-c3ccccc3)cc2/C=N/n2cnnc2)cc1. The largest absolute Gasteiger partial charge is 0.240 e. The number of rotatable bonds is 8. The third-order valence-electron chi connectivity index (χ3n) is 6.43. The second kappa shape index (κ2) is 11.1. The summed E-state index contributed by atoms with van der Waals surface area (Å²) in [5, 5.41) is 34.0. The maximum absolute atomic E-state index is 4.90. The Morgan fingerprint density at radius 3 is 1.24 bits per heavy atom. The quantitative estimate of drug-likeness (QED) is 0.260. The molecule has 0 aliphatic carbocycles. The van der Waals surface area contributed by atoms with E-state index < -0.39 is 0 Å². The van der Waals surface area contributed by atoms with Crippen LogP contribution < -0.4 is 0 Å². The summed E-state index contributed by atoms with van der Waals surface area (Å²) in [7, 11) is 0. The van der Waals surface area contributed by atoms with Crippen molar-refractivity contribution in [3.05, 3.63) is 134 Å². The van der Waals surface area contributed by atoms with Crippen LogP contribution in [0.5, 0.6) is 0 Å². The Kier molecular flexibility index (Phi) is 6.51. The fourth-order valence-electron chi connectivity index (χ4n) is 4.39. The average molecular weight is 551 g/mol. The van der Waals surface area contributed by atoms with Crippen LogP contribution in [0.25, 0.3) is 33.9 Å². The molecule has 202 valence electrons. The molecular weight excluding hydrogens is 528 g/mol. The minimum atomic E-state index is 0.784. The van der Waals surface area contributed by atoms with E-state index in [1.165, 1.54) is 25.3 Å². The number of hydrogen-bond acceptors (Lipinski definition) is 8. The van der Waals surface area contributed by atoms with E-state index in [1.807, 2.05) is 107 Å².